The van der Waals surface area contributed by atoms with Gasteiger partial charge in [-0.25, -0.2) is 5.84 Å². The van der Waals surface area contributed by atoms with Crippen molar-refractivity contribution in [3.63, 3.8) is 0 Å². The largest absolute Gasteiger partial charge is 0.321 e. The number of hydrogen-bond acceptors (Lipinski definition) is 4. The van der Waals surface area contributed by atoms with Crippen LogP contribution in [-0.4, -0.2) is 15.6 Å². The van der Waals surface area contributed by atoms with Gasteiger partial charge in [-0.15, -0.1) is 0 Å². The van der Waals surface area contributed by atoms with Crippen LogP contribution in [0, 0.1) is 0 Å². The van der Waals surface area contributed by atoms with Crippen molar-refractivity contribution in [3.8, 4) is 22.5 Å². The molecule has 3 rings (SSSR count). The molecule has 1 heterocycles. The molecule has 0 aliphatic rings. The lowest BCUT2D eigenvalue weighted by molar-refractivity contribution is 0.611. The van der Waals surface area contributed by atoms with Crippen LogP contribution in [0.4, 0.5) is 0 Å². The third kappa shape index (κ3) is 3.54. The molecule has 0 saturated carbocycles. The normalized spacial score (nSPS) is 11.5. The van der Waals surface area contributed by atoms with Crippen molar-refractivity contribution in [3.05, 3.63) is 66.2 Å². The van der Waals surface area contributed by atoms with Crippen molar-refractivity contribution in [1.82, 2.24) is 15.2 Å². The Morgan fingerprint density at radius 1 is 1.08 bits per heavy atom. The first kappa shape index (κ1) is 16.7. The molecule has 0 bridgehead atoms. The van der Waals surface area contributed by atoms with Crippen LogP contribution in [0.1, 0.15) is 18.9 Å². The second-order valence-electron chi connectivity index (χ2n) is 5.70. The van der Waals surface area contributed by atoms with Crippen molar-refractivity contribution in [2.75, 3.05) is 0 Å². The van der Waals surface area contributed by atoms with Crippen LogP contribution in [0.3, 0.4) is 0 Å². The predicted octanol–water partition coefficient (Wildman–Crippen LogP) is 2.71. The molecule has 6 nitrogen and oxygen atoms in total. The van der Waals surface area contributed by atoms with Crippen LogP contribution in [0.25, 0.3) is 22.5 Å². The second kappa shape index (κ2) is 7.63. The number of nitrogens with zero attached hydrogens (tertiary/aromatic N) is 3. The lowest BCUT2D eigenvalue weighted by Crippen LogP contribution is -2.31. The Morgan fingerprint density at radius 2 is 1.80 bits per heavy atom. The molecule has 0 fully saturated rings. The number of hydrogen-bond donors (Lipinski definition) is 3. The van der Waals surface area contributed by atoms with E-state index in [2.05, 4.69) is 40.3 Å². The van der Waals surface area contributed by atoms with Gasteiger partial charge in [0.15, 0.2) is 5.84 Å². The topological polar surface area (TPSA) is 94.2 Å². The number of benzene rings is 2. The van der Waals surface area contributed by atoms with Gasteiger partial charge in [-0.05, 0) is 18.1 Å². The van der Waals surface area contributed by atoms with Gasteiger partial charge in [0, 0.05) is 17.7 Å². The molecule has 1 aromatic heterocycles. The molecule has 25 heavy (non-hydrogen) atoms. The van der Waals surface area contributed by atoms with E-state index in [1.54, 1.807) is 0 Å². The minimum atomic E-state index is 0.443. The average molecular weight is 334 g/mol. The molecule has 2 aromatic carbocycles. The third-order valence-electron chi connectivity index (χ3n) is 4.00. The maximum atomic E-state index is 5.42. The van der Waals surface area contributed by atoms with Gasteiger partial charge in [0.05, 0.1) is 11.4 Å². The quantitative estimate of drug-likeness (QED) is 0.289. The summed E-state index contributed by atoms with van der Waals surface area (Å²) in [5.74, 6) is 11.2. The van der Waals surface area contributed by atoms with E-state index in [0.717, 1.165) is 41.0 Å². The van der Waals surface area contributed by atoms with E-state index in [1.165, 1.54) is 0 Å². The smallest absolute Gasteiger partial charge is 0.166 e. The van der Waals surface area contributed by atoms with Crippen LogP contribution in [0.15, 0.2) is 65.8 Å². The van der Waals surface area contributed by atoms with Crippen molar-refractivity contribution in [2.45, 2.75) is 19.9 Å². The zero-order chi connectivity index (χ0) is 17.6. The molecule has 0 amide bonds. The molecule has 0 saturated heterocycles. The van der Waals surface area contributed by atoms with Crippen molar-refractivity contribution in [2.24, 2.45) is 16.8 Å². The third-order valence-corrected chi connectivity index (χ3v) is 4.00. The number of hydrazone groups is 1. The van der Waals surface area contributed by atoms with E-state index < -0.39 is 0 Å². The second-order valence-corrected chi connectivity index (χ2v) is 5.70. The van der Waals surface area contributed by atoms with E-state index in [-0.39, 0.29) is 0 Å². The maximum Gasteiger partial charge on any atom is 0.166 e. The van der Waals surface area contributed by atoms with E-state index >= 15 is 0 Å². The summed E-state index contributed by atoms with van der Waals surface area (Å²) in [5.41, 5.74) is 7.57. The van der Waals surface area contributed by atoms with E-state index in [9.17, 15) is 0 Å². The standard InChI is InChI=1S/C19H22N6/c1-2-12-25-18(13-17(24-25)14-6-4-3-5-7-14)15-8-10-16(11-9-15)19(22-20)23-21/h3-11,13H,2,12,20-21H2,1H3,(H,22,23). The van der Waals surface area contributed by atoms with Crippen molar-refractivity contribution in [1.29, 1.82) is 0 Å². The molecule has 0 unspecified atom stereocenters. The molecule has 0 aliphatic carbocycles. The molecule has 0 atom stereocenters. The summed E-state index contributed by atoms with van der Waals surface area (Å²) < 4.78 is 2.05. The molecule has 5 N–H and O–H groups in total. The van der Waals surface area contributed by atoms with Gasteiger partial charge >= 0.3 is 0 Å². The Balaban J connectivity index is 1.99. The molecule has 6 heteroatoms. The number of aryl methyl sites for hydroxylation is 1. The summed E-state index contributed by atoms with van der Waals surface area (Å²) in [7, 11) is 0. The molecule has 0 radical (unpaired) electrons. The Bertz CT molecular complexity index is 849. The SMILES string of the molecule is CCCn1nc(-c2ccccc2)cc1-c1ccc(/C(=N/N)NN)cc1. The molecular formula is C19H22N6. The molecule has 3 aromatic rings. The minimum Gasteiger partial charge on any atom is -0.321 e. The number of hydrazine groups is 1. The van der Waals surface area contributed by atoms with Gasteiger partial charge in [-0.2, -0.15) is 10.2 Å². The molecule has 128 valence electrons. The van der Waals surface area contributed by atoms with E-state index in [0.29, 0.717) is 5.84 Å². The lowest BCUT2D eigenvalue weighted by atomic mass is 10.1. The zero-order valence-corrected chi connectivity index (χ0v) is 14.2. The molecular weight excluding hydrogens is 312 g/mol. The van der Waals surface area contributed by atoms with Crippen LogP contribution in [0.2, 0.25) is 0 Å². The van der Waals surface area contributed by atoms with Crippen LogP contribution in [-0.2, 0) is 6.54 Å². The fourth-order valence-corrected chi connectivity index (χ4v) is 2.78. The number of nitrogens with two attached hydrogens (primary N) is 2. The molecule has 0 aliphatic heterocycles. The number of rotatable bonds is 5. The van der Waals surface area contributed by atoms with E-state index in [1.807, 2.05) is 42.5 Å². The summed E-state index contributed by atoms with van der Waals surface area (Å²) in [5, 5.41) is 8.41. The van der Waals surface area contributed by atoms with Crippen LogP contribution < -0.4 is 17.1 Å². The maximum absolute atomic E-state index is 5.42. The first-order valence-corrected chi connectivity index (χ1v) is 8.25. The summed E-state index contributed by atoms with van der Waals surface area (Å²) in [6.07, 6.45) is 1.02. The van der Waals surface area contributed by atoms with Gasteiger partial charge in [0.1, 0.15) is 0 Å². The highest BCUT2D eigenvalue weighted by molar-refractivity contribution is 5.98. The highest BCUT2D eigenvalue weighted by Gasteiger charge is 2.11. The number of nitrogens with one attached hydrogen (secondary N) is 1. The van der Waals surface area contributed by atoms with Gasteiger partial charge in [-0.3, -0.25) is 4.68 Å². The van der Waals surface area contributed by atoms with Gasteiger partial charge in [-0.1, -0.05) is 61.5 Å². The van der Waals surface area contributed by atoms with Crippen LogP contribution in [0.5, 0.6) is 0 Å². The highest BCUT2D eigenvalue weighted by Crippen LogP contribution is 2.26. The van der Waals surface area contributed by atoms with Gasteiger partial charge in [0.2, 0.25) is 0 Å². The average Bonchev–Trinajstić information content (AvgIpc) is 3.08. The number of aromatic nitrogens is 2. The summed E-state index contributed by atoms with van der Waals surface area (Å²) in [6, 6.07) is 20.2. The Kier molecular flexibility index (Phi) is 5.11. The molecule has 0 spiro atoms. The van der Waals surface area contributed by atoms with Gasteiger partial charge < -0.3 is 11.3 Å². The first-order chi connectivity index (χ1) is 12.3. The first-order valence-electron chi connectivity index (χ1n) is 8.25. The Labute approximate surface area is 147 Å². The Hall–Kier alpha value is -3.12. The van der Waals surface area contributed by atoms with E-state index in [4.69, 9.17) is 16.8 Å². The van der Waals surface area contributed by atoms with Crippen molar-refractivity contribution >= 4 is 5.84 Å². The fraction of sp³-hybridized carbons (Fsp3) is 0.158. The highest BCUT2D eigenvalue weighted by atomic mass is 15.3. The van der Waals surface area contributed by atoms with Crippen molar-refractivity contribution < 1.29 is 0 Å². The van der Waals surface area contributed by atoms with Crippen LogP contribution >= 0.6 is 0 Å². The Morgan fingerprint density at radius 3 is 2.40 bits per heavy atom. The fourth-order valence-electron chi connectivity index (χ4n) is 2.78. The number of amidine groups is 1. The monoisotopic (exact) mass is 334 g/mol. The minimum absolute atomic E-state index is 0.443. The summed E-state index contributed by atoms with van der Waals surface area (Å²) in [6.45, 7) is 3.01. The zero-order valence-electron chi connectivity index (χ0n) is 14.2. The lowest BCUT2D eigenvalue weighted by Gasteiger charge is -2.08. The van der Waals surface area contributed by atoms with Gasteiger partial charge in [0.25, 0.3) is 0 Å². The summed E-state index contributed by atoms with van der Waals surface area (Å²) in [4.78, 5) is 0. The predicted molar refractivity (Wildman–Crippen MR) is 101 cm³/mol. The summed E-state index contributed by atoms with van der Waals surface area (Å²) >= 11 is 0.